The maximum atomic E-state index is 13.2. The van der Waals surface area contributed by atoms with Gasteiger partial charge in [0.25, 0.3) is 31.3 Å². The molecule has 2 rings (SSSR count). The van der Waals surface area contributed by atoms with Crippen LogP contribution in [0.4, 0.5) is 0 Å². The molecule has 2 saturated heterocycles. The van der Waals surface area contributed by atoms with E-state index in [1.165, 1.54) is 56.2 Å². The van der Waals surface area contributed by atoms with Gasteiger partial charge in [0, 0.05) is 13.8 Å². The molecule has 18 atom stereocenters. The van der Waals surface area contributed by atoms with Gasteiger partial charge < -0.3 is 113 Å². The van der Waals surface area contributed by atoms with Gasteiger partial charge in [0.05, 0.1) is 46.2 Å². The van der Waals surface area contributed by atoms with Gasteiger partial charge in [-0.05, 0) is 212 Å². The Labute approximate surface area is 675 Å². The van der Waals surface area contributed by atoms with Crippen LogP contribution < -0.4 is 30.2 Å². The van der Waals surface area contributed by atoms with Crippen molar-refractivity contribution in [3.8, 4) is 0 Å². The summed E-state index contributed by atoms with van der Waals surface area (Å²) in [5.74, 6) is -1.92. The van der Waals surface area contributed by atoms with Crippen molar-refractivity contribution in [1.29, 1.82) is 0 Å². The standard InChI is InChI=1S/C79H136N2O29P4/c1-53(2)25-15-26-54(3)27-16-28-55(4)29-17-30-56(5)31-18-32-57(6)33-19-34-58(7)35-20-36-59(8)37-21-38-60(9)39-22-40-61(10)41-23-42-62(11)43-24-44-63(12)45-46-101-113(97,98)110-114(99,100)109-79-72(81-65(14)86)74(91)76(69(48-83)106-79)107-78-71(80-64(13)85)75(92)77(70(49-84)105-78)108-112(95,96)103-51-66(87)50-102-111(93,94)104-52-68(89)73(90)67(88)47-82/h25,27,29,31,33,35,37,39,41,43,45,66-79,82-84,87-92H,15-24,26,28,30,32,34,36,38,40,42,44,46-52H2,1-14H3,(H,80,85)(H,81,86)(H,93,94)(H,95,96)(H,97,98)(H,99,100)/p-4/b54-27+,55-29+,56-31-,57-33-,58-35-,59-37-,60-39-,61-41-,62-43-,63-45-/t66-,67+,68-,69-,70-,71-,72-,73+,74-,75-,76-,77-,78+,79-/m1/s1. The molecule has 0 aliphatic carbocycles. The van der Waals surface area contributed by atoms with E-state index in [0.29, 0.717) is 18.4 Å². The van der Waals surface area contributed by atoms with E-state index in [-0.39, 0.29) is 0 Å². The number of carbonyl (C=O) groups is 2. The number of rotatable bonds is 57. The smallest absolute Gasteiger partial charge is 0.276 e. The monoisotopic (exact) mass is 1700 g/mol. The van der Waals surface area contributed by atoms with Crippen molar-refractivity contribution >= 4 is 43.1 Å². The summed E-state index contributed by atoms with van der Waals surface area (Å²) in [6.07, 6.45) is 19.8. The molecule has 0 radical (unpaired) electrons. The molecule has 4 unspecified atom stereocenters. The molecular weight excluding hydrogens is 1560 g/mol. The third-order valence-corrected chi connectivity index (χ3v) is 23.1. The number of aliphatic hydroxyl groups is 9. The zero-order chi connectivity index (χ0) is 85.9. The average molecular weight is 1700 g/mol. The van der Waals surface area contributed by atoms with Gasteiger partial charge in [0.2, 0.25) is 11.8 Å². The number of amides is 2. The second-order valence-electron chi connectivity index (χ2n) is 29.8. The highest BCUT2D eigenvalue weighted by Crippen LogP contribution is 2.57. The Morgan fingerprint density at radius 2 is 0.711 bits per heavy atom. The zero-order valence-corrected chi connectivity index (χ0v) is 72.6. The summed E-state index contributed by atoms with van der Waals surface area (Å²) < 4.78 is 100. The number of ether oxygens (including phenoxy) is 3. The molecule has 0 aromatic heterocycles. The van der Waals surface area contributed by atoms with E-state index in [1.54, 1.807) is 6.92 Å². The van der Waals surface area contributed by atoms with Gasteiger partial charge in [0.15, 0.2) is 12.6 Å². The lowest BCUT2D eigenvalue weighted by atomic mass is 9.94. The van der Waals surface area contributed by atoms with Crippen LogP contribution in [0.15, 0.2) is 128 Å². The van der Waals surface area contributed by atoms with Crippen molar-refractivity contribution in [1.82, 2.24) is 10.6 Å². The number of aliphatic hydroxyl groups excluding tert-OH is 9. The summed E-state index contributed by atoms with van der Waals surface area (Å²) in [5.41, 5.74) is 14.7. The topological polar surface area (TPSA) is 493 Å². The number of carbonyl (C=O) groups excluding carboxylic acids is 2. The van der Waals surface area contributed by atoms with Crippen molar-refractivity contribution in [3.05, 3.63) is 128 Å². The molecule has 0 spiro atoms. The molecule has 0 saturated carbocycles. The second-order valence-corrected chi connectivity index (χ2v) is 35.5. The first kappa shape index (κ1) is 106. The molecule has 31 nitrogen and oxygen atoms in total. The average Bonchev–Trinajstić information content (AvgIpc) is 0.770. The normalized spacial score (nSPS) is 24.9. The minimum Gasteiger partial charge on any atom is -0.756 e. The van der Waals surface area contributed by atoms with Crippen LogP contribution in [-0.2, 0) is 73.5 Å². The fourth-order valence-electron chi connectivity index (χ4n) is 11.9. The molecule has 0 aromatic carbocycles. The summed E-state index contributed by atoms with van der Waals surface area (Å²) >= 11 is 0. The van der Waals surface area contributed by atoms with E-state index in [1.807, 2.05) is 6.92 Å². The third kappa shape index (κ3) is 46.6. The second kappa shape index (κ2) is 55.8. The zero-order valence-electron chi connectivity index (χ0n) is 69.0. The Bertz CT molecular complexity index is 3470. The molecule has 2 aliphatic rings. The molecule has 656 valence electrons. The SMILES string of the molecule is CC(=O)N[C@H]1[C@@H](OP(=O)([O-])OP(=O)([O-])OC/C=C(/C)CC/C=C(/C)CC/C=C(/C)CC/C=C(/C)CC/C=C(/C)CC/C=C(/C)CC/C=C(/C)CC/C=C(/C)CC/C=C(\C)CC/C=C(\C)CCC=C(C)C)O[C@H](CO)[C@@H](O[C@@H]2O[C@H](CO)[C@@H](OP(=O)([O-])OC[C@H](O)COP(=O)([O-])OC[C@@H](O)[C@@H](O)[C@@H](O)CO)[C@H](O)[C@H]2NC(C)=O)[C@@H]1O. The molecule has 0 aromatic rings. The van der Waals surface area contributed by atoms with Gasteiger partial charge in [-0.3, -0.25) is 32.4 Å². The lowest BCUT2D eigenvalue weighted by Gasteiger charge is -2.49. The summed E-state index contributed by atoms with van der Waals surface area (Å²) in [6.45, 7) is 20.0. The predicted molar refractivity (Wildman–Crippen MR) is 425 cm³/mol. The molecular formula is C79H132N2O29P4-4. The Hall–Kier alpha value is -3.92. The van der Waals surface area contributed by atoms with Crippen LogP contribution in [0, 0.1) is 0 Å². The van der Waals surface area contributed by atoms with Crippen LogP contribution in [0.1, 0.15) is 225 Å². The van der Waals surface area contributed by atoms with Crippen LogP contribution >= 0.6 is 31.3 Å². The Balaban J connectivity index is 1.85. The van der Waals surface area contributed by atoms with Gasteiger partial charge in [0.1, 0.15) is 73.1 Å². The highest BCUT2D eigenvalue weighted by atomic mass is 31.3. The summed E-state index contributed by atoms with van der Waals surface area (Å²) in [4.78, 5) is 76.0. The fourth-order valence-corrected chi connectivity index (χ4v) is 15.7. The minimum absolute atomic E-state index is 0.506. The first-order valence-electron chi connectivity index (χ1n) is 38.9. The number of hydrogen-bond acceptors (Lipinski definition) is 29. The number of hydrogen-bond donors (Lipinski definition) is 11. The lowest BCUT2D eigenvalue weighted by Crippen LogP contribution is -2.69. The van der Waals surface area contributed by atoms with Gasteiger partial charge in [-0.2, -0.15) is 0 Å². The number of phosphoric acid groups is 4. The summed E-state index contributed by atoms with van der Waals surface area (Å²) in [6, 6.07) is -3.98. The molecule has 2 fully saturated rings. The Kier molecular flexibility index (Phi) is 52.0. The van der Waals surface area contributed by atoms with Gasteiger partial charge >= 0.3 is 0 Å². The van der Waals surface area contributed by atoms with Crippen LogP contribution in [0.2, 0.25) is 0 Å². The lowest BCUT2D eigenvalue weighted by molar-refractivity contribution is -0.333. The molecule has 2 heterocycles. The summed E-state index contributed by atoms with van der Waals surface area (Å²) in [7, 11) is -23.0. The van der Waals surface area contributed by atoms with E-state index < -0.39 is 175 Å². The largest absolute Gasteiger partial charge is 0.756 e. The molecule has 11 N–H and O–H groups in total. The maximum Gasteiger partial charge on any atom is 0.276 e. The van der Waals surface area contributed by atoms with Crippen LogP contribution in [0.5, 0.6) is 0 Å². The van der Waals surface area contributed by atoms with Crippen molar-refractivity contribution in [2.24, 2.45) is 0 Å². The van der Waals surface area contributed by atoms with Crippen molar-refractivity contribution < 1.29 is 139 Å². The van der Waals surface area contributed by atoms with Crippen LogP contribution in [-0.4, -0.2) is 190 Å². The van der Waals surface area contributed by atoms with E-state index in [0.717, 1.165) is 135 Å². The first-order valence-corrected chi connectivity index (χ1v) is 44.8. The van der Waals surface area contributed by atoms with E-state index in [2.05, 4.69) is 159 Å². The number of phosphoric ester groups is 4. The predicted octanol–water partition coefficient (Wildman–Crippen LogP) is 9.56. The highest BCUT2D eigenvalue weighted by Gasteiger charge is 2.54. The third-order valence-electron chi connectivity index (χ3n) is 18.7. The van der Waals surface area contributed by atoms with E-state index in [4.69, 9.17) is 32.9 Å². The van der Waals surface area contributed by atoms with E-state index >= 15 is 0 Å². The molecule has 35 heteroatoms. The number of allylic oxidation sites excluding steroid dienone is 21. The first-order chi connectivity index (χ1) is 53.4. The molecule has 2 amide bonds. The fraction of sp³-hybridized carbons (Fsp3) is 0.696. The van der Waals surface area contributed by atoms with Gasteiger partial charge in [-0.15, -0.1) is 0 Å². The van der Waals surface area contributed by atoms with Crippen molar-refractivity contribution in [3.63, 3.8) is 0 Å². The van der Waals surface area contributed by atoms with Gasteiger partial charge in [-0.1, -0.05) is 128 Å². The van der Waals surface area contributed by atoms with Gasteiger partial charge in [-0.25, -0.2) is 4.31 Å². The molecule has 0 bridgehead atoms. The molecule has 2 aliphatic heterocycles. The highest BCUT2D eigenvalue weighted by molar-refractivity contribution is 7.59. The van der Waals surface area contributed by atoms with Crippen LogP contribution in [0.3, 0.4) is 0 Å². The van der Waals surface area contributed by atoms with Crippen molar-refractivity contribution in [2.45, 2.75) is 311 Å². The van der Waals surface area contributed by atoms with Crippen molar-refractivity contribution in [2.75, 3.05) is 46.2 Å². The summed E-state index contributed by atoms with van der Waals surface area (Å²) in [5, 5.41) is 96.1. The van der Waals surface area contributed by atoms with E-state index in [9.17, 15) is 88.3 Å². The Morgan fingerprint density at radius 3 is 1.06 bits per heavy atom. The Morgan fingerprint density at radius 1 is 0.395 bits per heavy atom. The molecule has 114 heavy (non-hydrogen) atoms. The van der Waals surface area contributed by atoms with Crippen LogP contribution in [0.25, 0.3) is 0 Å². The maximum absolute atomic E-state index is 13.2. The number of nitrogens with one attached hydrogen (secondary N) is 2. The quantitative estimate of drug-likeness (QED) is 0.0199. The minimum atomic E-state index is -6.11.